The molecule has 0 atom stereocenters. The van der Waals surface area contributed by atoms with Gasteiger partial charge in [0.05, 0.1) is 0 Å². The molecule has 0 radical (unpaired) electrons. The van der Waals surface area contributed by atoms with Crippen molar-refractivity contribution in [3.63, 3.8) is 0 Å². The van der Waals surface area contributed by atoms with Gasteiger partial charge in [0.25, 0.3) is 0 Å². The Morgan fingerprint density at radius 3 is 2.54 bits per heavy atom. The molecule has 0 aromatic heterocycles. The van der Waals surface area contributed by atoms with Gasteiger partial charge in [0.15, 0.2) is 0 Å². The highest BCUT2D eigenvalue weighted by Crippen LogP contribution is 2.12. The quantitative estimate of drug-likeness (QED) is 0.634. The molecule has 0 aliphatic rings. The van der Waals surface area contributed by atoms with E-state index in [1.807, 2.05) is 18.2 Å². The summed E-state index contributed by atoms with van der Waals surface area (Å²) in [6.45, 7) is 2.47. The molecule has 0 bridgehead atoms. The summed E-state index contributed by atoms with van der Waals surface area (Å²) >= 11 is 0. The first-order valence-corrected chi connectivity index (χ1v) is 4.74. The number of rotatable bonds is 5. The van der Waals surface area contributed by atoms with Gasteiger partial charge in [-0.1, -0.05) is 42.8 Å². The molecule has 0 amide bonds. The summed E-state index contributed by atoms with van der Waals surface area (Å²) < 4.78 is 0. The second-order valence-electron chi connectivity index (χ2n) is 3.16. The first kappa shape index (κ1) is 9.90. The Kier molecular flexibility index (Phi) is 4.16. The first-order chi connectivity index (χ1) is 6.38. The highest BCUT2D eigenvalue weighted by Gasteiger charge is 2.00. The fraction of sp³-hybridized carbons (Fsp3) is 0.455. The van der Waals surface area contributed by atoms with Crippen molar-refractivity contribution in [1.82, 2.24) is 0 Å². The molecule has 0 aliphatic carbocycles. The molecule has 13 heavy (non-hydrogen) atoms. The Morgan fingerprint density at radius 1 is 1.23 bits per heavy atom. The zero-order chi connectivity index (χ0) is 9.52. The Labute approximate surface area is 79.0 Å². The van der Waals surface area contributed by atoms with Crippen LogP contribution in [0.5, 0.6) is 0 Å². The Balaban J connectivity index is 2.71. The molecule has 0 N–H and O–H groups in total. The smallest absolute Gasteiger partial charge is 0.106 e. The number of aryl methyl sites for hydroxylation is 1. The number of benzene rings is 1. The Hall–Kier alpha value is -1.18. The molecule has 0 aliphatic heterocycles. The van der Waals surface area contributed by atoms with Crippen LogP contribution in [0, 0.1) is 4.91 Å². The van der Waals surface area contributed by atoms with E-state index in [1.165, 1.54) is 18.4 Å². The van der Waals surface area contributed by atoms with Crippen LogP contribution in [0.1, 0.15) is 30.9 Å². The SMILES string of the molecule is CCCCc1ccccc1CN=O. The third-order valence-electron chi connectivity index (χ3n) is 2.15. The van der Waals surface area contributed by atoms with E-state index >= 15 is 0 Å². The molecular formula is C11H15NO. The molecule has 0 heterocycles. The molecule has 0 saturated carbocycles. The van der Waals surface area contributed by atoms with Gasteiger partial charge in [-0.25, -0.2) is 0 Å². The van der Waals surface area contributed by atoms with Gasteiger partial charge in [0.1, 0.15) is 6.54 Å². The average Bonchev–Trinajstić information content (AvgIpc) is 2.17. The van der Waals surface area contributed by atoms with Crippen LogP contribution in [-0.4, -0.2) is 0 Å². The fourth-order valence-corrected chi connectivity index (χ4v) is 1.39. The van der Waals surface area contributed by atoms with Gasteiger partial charge in [-0.2, -0.15) is 4.91 Å². The zero-order valence-corrected chi connectivity index (χ0v) is 7.99. The summed E-state index contributed by atoms with van der Waals surface area (Å²) in [5, 5.41) is 2.92. The van der Waals surface area contributed by atoms with Crippen LogP contribution in [-0.2, 0) is 13.0 Å². The van der Waals surface area contributed by atoms with Crippen molar-refractivity contribution < 1.29 is 0 Å². The van der Waals surface area contributed by atoms with Crippen molar-refractivity contribution in [2.75, 3.05) is 0 Å². The summed E-state index contributed by atoms with van der Waals surface area (Å²) in [5.41, 5.74) is 2.34. The maximum absolute atomic E-state index is 10.2. The number of unbranched alkanes of at least 4 members (excludes halogenated alkanes) is 1. The standard InChI is InChI=1S/C11H15NO/c1-2-3-6-10-7-4-5-8-11(10)9-12-13/h4-5,7-8H,2-3,6,9H2,1H3. The minimum Gasteiger partial charge on any atom is -0.150 e. The van der Waals surface area contributed by atoms with E-state index in [-0.39, 0.29) is 0 Å². The van der Waals surface area contributed by atoms with Gasteiger partial charge in [0.2, 0.25) is 0 Å². The van der Waals surface area contributed by atoms with Crippen molar-refractivity contribution in [1.29, 1.82) is 0 Å². The van der Waals surface area contributed by atoms with Crippen molar-refractivity contribution in [3.05, 3.63) is 40.3 Å². The molecule has 0 fully saturated rings. The lowest BCUT2D eigenvalue weighted by molar-refractivity contribution is 0.785. The summed E-state index contributed by atoms with van der Waals surface area (Å²) in [6.07, 6.45) is 3.42. The van der Waals surface area contributed by atoms with Crippen molar-refractivity contribution >= 4 is 0 Å². The predicted molar refractivity (Wildman–Crippen MR) is 54.6 cm³/mol. The van der Waals surface area contributed by atoms with E-state index in [1.54, 1.807) is 0 Å². The van der Waals surface area contributed by atoms with Gasteiger partial charge in [-0.05, 0) is 24.0 Å². The molecule has 0 spiro atoms. The summed E-state index contributed by atoms with van der Waals surface area (Å²) in [4.78, 5) is 10.2. The van der Waals surface area contributed by atoms with Gasteiger partial charge in [-0.15, -0.1) is 0 Å². The molecular weight excluding hydrogens is 162 g/mol. The second kappa shape index (κ2) is 5.46. The molecule has 0 unspecified atom stereocenters. The van der Waals surface area contributed by atoms with Crippen LogP contribution in [0.3, 0.4) is 0 Å². The number of nitroso groups, excluding NO2 is 1. The van der Waals surface area contributed by atoms with E-state index in [2.05, 4.69) is 18.2 Å². The van der Waals surface area contributed by atoms with Gasteiger partial charge in [0, 0.05) is 0 Å². The molecule has 2 nitrogen and oxygen atoms in total. The van der Waals surface area contributed by atoms with Crippen molar-refractivity contribution in [2.45, 2.75) is 32.7 Å². The zero-order valence-electron chi connectivity index (χ0n) is 7.99. The van der Waals surface area contributed by atoms with E-state index < -0.39 is 0 Å². The topological polar surface area (TPSA) is 29.4 Å². The van der Waals surface area contributed by atoms with Crippen LogP contribution < -0.4 is 0 Å². The van der Waals surface area contributed by atoms with Gasteiger partial charge in [-0.3, -0.25) is 0 Å². The predicted octanol–water partition coefficient (Wildman–Crippen LogP) is 3.30. The average molecular weight is 177 g/mol. The minimum atomic E-state index is 0.305. The van der Waals surface area contributed by atoms with Crippen LogP contribution in [0.25, 0.3) is 0 Å². The van der Waals surface area contributed by atoms with Gasteiger partial charge >= 0.3 is 0 Å². The minimum absolute atomic E-state index is 0.305. The van der Waals surface area contributed by atoms with Crippen LogP contribution >= 0.6 is 0 Å². The first-order valence-electron chi connectivity index (χ1n) is 4.74. The number of hydrogen-bond acceptors (Lipinski definition) is 2. The molecule has 0 saturated heterocycles. The van der Waals surface area contributed by atoms with Crippen LogP contribution in [0.15, 0.2) is 29.4 Å². The summed E-state index contributed by atoms with van der Waals surface area (Å²) in [6, 6.07) is 8.03. The third-order valence-corrected chi connectivity index (χ3v) is 2.15. The maximum Gasteiger partial charge on any atom is 0.106 e. The molecule has 1 aromatic rings. The Morgan fingerprint density at radius 2 is 1.92 bits per heavy atom. The molecule has 1 rings (SSSR count). The highest BCUT2D eigenvalue weighted by atomic mass is 16.3. The lowest BCUT2D eigenvalue weighted by atomic mass is 10.0. The van der Waals surface area contributed by atoms with Crippen LogP contribution in [0.2, 0.25) is 0 Å². The second-order valence-corrected chi connectivity index (χ2v) is 3.16. The lowest BCUT2D eigenvalue weighted by Crippen LogP contribution is -1.92. The summed E-state index contributed by atoms with van der Waals surface area (Å²) in [7, 11) is 0. The normalized spacial score (nSPS) is 9.92. The largest absolute Gasteiger partial charge is 0.150 e. The molecule has 2 heteroatoms. The van der Waals surface area contributed by atoms with Crippen molar-refractivity contribution in [3.8, 4) is 0 Å². The van der Waals surface area contributed by atoms with E-state index in [0.29, 0.717) is 6.54 Å². The highest BCUT2D eigenvalue weighted by molar-refractivity contribution is 5.27. The third kappa shape index (κ3) is 2.98. The maximum atomic E-state index is 10.2. The molecule has 70 valence electrons. The van der Waals surface area contributed by atoms with Crippen LogP contribution in [0.4, 0.5) is 0 Å². The lowest BCUT2D eigenvalue weighted by Gasteiger charge is -2.04. The molecule has 1 aromatic carbocycles. The monoisotopic (exact) mass is 177 g/mol. The van der Waals surface area contributed by atoms with E-state index in [4.69, 9.17) is 0 Å². The van der Waals surface area contributed by atoms with E-state index in [0.717, 1.165) is 12.0 Å². The van der Waals surface area contributed by atoms with Crippen molar-refractivity contribution in [2.24, 2.45) is 5.18 Å². The fourth-order valence-electron chi connectivity index (χ4n) is 1.39. The number of hydrogen-bond donors (Lipinski definition) is 0. The Bertz CT molecular complexity index is 271. The van der Waals surface area contributed by atoms with Gasteiger partial charge < -0.3 is 0 Å². The van der Waals surface area contributed by atoms with E-state index in [9.17, 15) is 4.91 Å². The number of nitrogens with zero attached hydrogens (tertiary/aromatic N) is 1. The summed E-state index contributed by atoms with van der Waals surface area (Å²) in [5.74, 6) is 0.